The normalized spacial score (nSPS) is 21.9. The van der Waals surface area contributed by atoms with Gasteiger partial charge in [0.15, 0.2) is 0 Å². The highest BCUT2D eigenvalue weighted by Gasteiger charge is 2.40. The number of hydrogen-bond donors (Lipinski definition) is 2. The van der Waals surface area contributed by atoms with Crippen molar-refractivity contribution < 1.29 is 24.6 Å². The van der Waals surface area contributed by atoms with E-state index in [1.165, 1.54) is 11.1 Å². The molecule has 0 bridgehead atoms. The zero-order valence-corrected chi connectivity index (χ0v) is 12.5. The molecule has 1 amide bonds. The van der Waals surface area contributed by atoms with Gasteiger partial charge in [0.1, 0.15) is 4.60 Å². The maximum Gasteiger partial charge on any atom is 0.309 e. The molecule has 1 saturated heterocycles. The number of rotatable bonds is 3. The SMILES string of the molecule is O=C(O)C1CCN(C(=O)c2ccc(Br)nc2)CC1C(=O)O. The zero-order valence-electron chi connectivity index (χ0n) is 10.9. The summed E-state index contributed by atoms with van der Waals surface area (Å²) in [5, 5.41) is 18.2. The number of amides is 1. The Bertz CT molecular complexity index is 574. The lowest BCUT2D eigenvalue weighted by atomic mass is 9.85. The smallest absolute Gasteiger partial charge is 0.309 e. The third-order valence-electron chi connectivity index (χ3n) is 3.51. The molecular formula is C13H13BrN2O5. The van der Waals surface area contributed by atoms with Gasteiger partial charge < -0.3 is 15.1 Å². The van der Waals surface area contributed by atoms with Crippen molar-refractivity contribution in [3.63, 3.8) is 0 Å². The molecule has 0 saturated carbocycles. The number of carbonyl (C=O) groups excluding carboxylic acids is 1. The highest BCUT2D eigenvalue weighted by atomic mass is 79.9. The molecule has 1 fully saturated rings. The highest BCUT2D eigenvalue weighted by Crippen LogP contribution is 2.25. The van der Waals surface area contributed by atoms with Crippen LogP contribution in [0.15, 0.2) is 22.9 Å². The van der Waals surface area contributed by atoms with Crippen molar-refractivity contribution in [3.05, 3.63) is 28.5 Å². The van der Waals surface area contributed by atoms with Crippen LogP contribution >= 0.6 is 15.9 Å². The number of aromatic nitrogens is 1. The number of nitrogens with zero attached hydrogens (tertiary/aromatic N) is 2. The van der Waals surface area contributed by atoms with Crippen molar-refractivity contribution in [2.45, 2.75) is 6.42 Å². The molecule has 0 aromatic carbocycles. The molecule has 2 heterocycles. The van der Waals surface area contributed by atoms with Gasteiger partial charge in [0.25, 0.3) is 5.91 Å². The molecule has 1 aromatic heterocycles. The molecule has 1 aliphatic heterocycles. The Kier molecular flexibility index (Phi) is 4.56. The number of carboxylic acid groups (broad SMARTS) is 2. The van der Waals surface area contributed by atoms with E-state index in [0.29, 0.717) is 10.2 Å². The van der Waals surface area contributed by atoms with Crippen LogP contribution < -0.4 is 0 Å². The van der Waals surface area contributed by atoms with E-state index in [2.05, 4.69) is 20.9 Å². The van der Waals surface area contributed by atoms with Crippen molar-refractivity contribution in [3.8, 4) is 0 Å². The van der Waals surface area contributed by atoms with Crippen LogP contribution in [-0.4, -0.2) is 51.0 Å². The Morgan fingerprint density at radius 2 is 1.86 bits per heavy atom. The Hall–Kier alpha value is -1.96. The minimum atomic E-state index is -1.20. The first-order valence-corrected chi connectivity index (χ1v) is 7.06. The molecule has 8 heteroatoms. The monoisotopic (exact) mass is 356 g/mol. The molecule has 2 rings (SSSR count). The first kappa shape index (κ1) is 15.4. The summed E-state index contributed by atoms with van der Waals surface area (Å²) < 4.78 is 0.590. The molecule has 1 aliphatic rings. The minimum absolute atomic E-state index is 0.110. The van der Waals surface area contributed by atoms with E-state index in [4.69, 9.17) is 10.2 Å². The fraction of sp³-hybridized carbons (Fsp3) is 0.385. The van der Waals surface area contributed by atoms with E-state index in [1.807, 2.05) is 0 Å². The second kappa shape index (κ2) is 6.21. The van der Waals surface area contributed by atoms with Crippen molar-refractivity contribution in [1.82, 2.24) is 9.88 Å². The first-order chi connectivity index (χ1) is 9.90. The third-order valence-corrected chi connectivity index (χ3v) is 3.98. The highest BCUT2D eigenvalue weighted by molar-refractivity contribution is 9.10. The number of aliphatic carboxylic acids is 2. The van der Waals surface area contributed by atoms with Crippen LogP contribution in [0.3, 0.4) is 0 Å². The van der Waals surface area contributed by atoms with Crippen LogP contribution in [0.2, 0.25) is 0 Å². The van der Waals surface area contributed by atoms with Gasteiger partial charge in [0.05, 0.1) is 17.4 Å². The number of pyridine rings is 1. The fourth-order valence-corrected chi connectivity index (χ4v) is 2.60. The molecular weight excluding hydrogens is 344 g/mol. The Morgan fingerprint density at radius 1 is 1.19 bits per heavy atom. The number of hydrogen-bond acceptors (Lipinski definition) is 4. The molecule has 2 unspecified atom stereocenters. The van der Waals surface area contributed by atoms with Crippen molar-refractivity contribution in [2.75, 3.05) is 13.1 Å². The van der Waals surface area contributed by atoms with E-state index in [1.54, 1.807) is 12.1 Å². The van der Waals surface area contributed by atoms with Gasteiger partial charge in [-0.25, -0.2) is 4.98 Å². The maximum absolute atomic E-state index is 12.3. The van der Waals surface area contributed by atoms with Crippen LogP contribution in [0, 0.1) is 11.8 Å². The standard InChI is InChI=1S/C13H13BrN2O5/c14-10-2-1-7(5-15-10)11(17)16-4-3-8(12(18)19)9(6-16)13(20)21/h1-2,5,8-9H,3-4,6H2,(H,18,19)(H,20,21). The van der Waals surface area contributed by atoms with Crippen molar-refractivity contribution in [2.24, 2.45) is 11.8 Å². The van der Waals surface area contributed by atoms with Crippen molar-refractivity contribution in [1.29, 1.82) is 0 Å². The molecule has 21 heavy (non-hydrogen) atoms. The molecule has 0 spiro atoms. The molecule has 1 aromatic rings. The summed E-state index contributed by atoms with van der Waals surface area (Å²) in [6, 6.07) is 3.20. The van der Waals surface area contributed by atoms with Gasteiger partial charge in [-0.1, -0.05) is 0 Å². The summed E-state index contributed by atoms with van der Waals surface area (Å²) in [4.78, 5) is 39.9. The summed E-state index contributed by atoms with van der Waals surface area (Å²) in [5.41, 5.74) is 0.344. The molecule has 112 valence electrons. The number of carbonyl (C=O) groups is 3. The summed E-state index contributed by atoms with van der Waals surface area (Å²) in [7, 11) is 0. The van der Waals surface area contributed by atoms with Gasteiger partial charge in [-0.3, -0.25) is 14.4 Å². The van der Waals surface area contributed by atoms with Crippen molar-refractivity contribution >= 4 is 33.8 Å². The van der Waals surface area contributed by atoms with Crippen LogP contribution in [0.4, 0.5) is 0 Å². The van der Waals surface area contributed by atoms with Gasteiger partial charge in [-0.15, -0.1) is 0 Å². The van der Waals surface area contributed by atoms with Gasteiger partial charge >= 0.3 is 11.9 Å². The molecule has 2 N–H and O–H groups in total. The number of piperidine rings is 1. The summed E-state index contributed by atoms with van der Waals surface area (Å²) in [6.07, 6.45) is 1.52. The van der Waals surface area contributed by atoms with E-state index in [9.17, 15) is 14.4 Å². The summed E-state index contributed by atoms with van der Waals surface area (Å²) in [5.74, 6) is -4.74. The van der Waals surface area contributed by atoms with Crippen LogP contribution in [0.5, 0.6) is 0 Å². The molecule has 0 aliphatic carbocycles. The molecule has 2 atom stereocenters. The molecule has 0 radical (unpaired) electrons. The average Bonchev–Trinajstić information content (AvgIpc) is 2.46. The van der Waals surface area contributed by atoms with Crippen LogP contribution in [0.1, 0.15) is 16.8 Å². The first-order valence-electron chi connectivity index (χ1n) is 6.26. The Balaban J connectivity index is 2.15. The minimum Gasteiger partial charge on any atom is -0.481 e. The predicted octanol–water partition coefficient (Wildman–Crippen LogP) is 1.09. The van der Waals surface area contributed by atoms with E-state index >= 15 is 0 Å². The second-order valence-electron chi connectivity index (χ2n) is 4.80. The predicted molar refractivity (Wildman–Crippen MR) is 74.7 cm³/mol. The maximum atomic E-state index is 12.3. The number of likely N-dealkylation sites (tertiary alicyclic amines) is 1. The van der Waals surface area contributed by atoms with Crippen LogP contribution in [0.25, 0.3) is 0 Å². The Labute approximate surface area is 128 Å². The fourth-order valence-electron chi connectivity index (χ4n) is 2.37. The summed E-state index contributed by atoms with van der Waals surface area (Å²) in [6.45, 7) is 0.108. The number of halogens is 1. The Morgan fingerprint density at radius 3 is 2.38 bits per heavy atom. The average molecular weight is 357 g/mol. The topological polar surface area (TPSA) is 108 Å². The largest absolute Gasteiger partial charge is 0.481 e. The second-order valence-corrected chi connectivity index (χ2v) is 5.61. The third kappa shape index (κ3) is 3.38. The quantitative estimate of drug-likeness (QED) is 0.785. The lowest BCUT2D eigenvalue weighted by Crippen LogP contribution is -2.48. The van der Waals surface area contributed by atoms with E-state index < -0.39 is 23.8 Å². The van der Waals surface area contributed by atoms with Gasteiger partial charge in [0.2, 0.25) is 0 Å². The van der Waals surface area contributed by atoms with Gasteiger partial charge in [-0.2, -0.15) is 0 Å². The summed E-state index contributed by atoms with van der Waals surface area (Å²) >= 11 is 3.16. The van der Waals surface area contributed by atoms with Gasteiger partial charge in [-0.05, 0) is 34.5 Å². The number of carboxylic acids is 2. The van der Waals surface area contributed by atoms with E-state index in [-0.39, 0.29) is 25.4 Å². The lowest BCUT2D eigenvalue weighted by Gasteiger charge is -2.34. The van der Waals surface area contributed by atoms with E-state index in [0.717, 1.165) is 0 Å². The zero-order chi connectivity index (χ0) is 15.6. The molecule has 7 nitrogen and oxygen atoms in total. The lowest BCUT2D eigenvalue weighted by molar-refractivity contribution is -0.156. The van der Waals surface area contributed by atoms with Crippen LogP contribution in [-0.2, 0) is 9.59 Å². The van der Waals surface area contributed by atoms with Gasteiger partial charge in [0, 0.05) is 19.3 Å².